The van der Waals surface area contributed by atoms with E-state index in [1.165, 1.54) is 6.42 Å². The molecule has 110 valence electrons. The third kappa shape index (κ3) is 2.76. The van der Waals surface area contributed by atoms with E-state index in [1.54, 1.807) is 0 Å². The number of aryl methyl sites for hydroxylation is 1. The van der Waals surface area contributed by atoms with E-state index in [1.807, 2.05) is 12.1 Å². The molecule has 1 aliphatic rings. The first-order chi connectivity index (χ1) is 10.2. The third-order valence-electron chi connectivity index (χ3n) is 4.23. The summed E-state index contributed by atoms with van der Waals surface area (Å²) in [5, 5.41) is 9.25. The second-order valence-corrected chi connectivity index (χ2v) is 6.16. The minimum Gasteiger partial charge on any atom is -0.328 e. The van der Waals surface area contributed by atoms with Gasteiger partial charge in [-0.15, -0.1) is 11.6 Å². The van der Waals surface area contributed by atoms with E-state index in [0.29, 0.717) is 17.4 Å². The second-order valence-electron chi connectivity index (χ2n) is 5.78. The number of imidazole rings is 1. The number of hydrogen-bond acceptors (Lipinski definition) is 3. The van der Waals surface area contributed by atoms with Crippen LogP contribution in [-0.4, -0.2) is 40.5 Å². The van der Waals surface area contributed by atoms with Gasteiger partial charge in [-0.3, -0.25) is 0 Å². The summed E-state index contributed by atoms with van der Waals surface area (Å²) in [6.45, 7) is 3.24. The highest BCUT2D eigenvalue weighted by Gasteiger charge is 2.22. The zero-order valence-electron chi connectivity index (χ0n) is 12.2. The van der Waals surface area contributed by atoms with Crippen molar-refractivity contribution >= 4 is 22.6 Å². The summed E-state index contributed by atoms with van der Waals surface area (Å²) in [6, 6.07) is 8.05. The van der Waals surface area contributed by atoms with Gasteiger partial charge in [0.15, 0.2) is 0 Å². The molecule has 1 aliphatic heterocycles. The molecule has 2 heterocycles. The van der Waals surface area contributed by atoms with Gasteiger partial charge in [0.05, 0.1) is 11.1 Å². The van der Waals surface area contributed by atoms with Crippen molar-refractivity contribution in [3.8, 4) is 6.07 Å². The molecule has 4 nitrogen and oxygen atoms in total. The Morgan fingerprint density at radius 3 is 3.00 bits per heavy atom. The molecular weight excluding hydrogens is 284 g/mol. The fourth-order valence-electron chi connectivity index (χ4n) is 3.20. The van der Waals surface area contributed by atoms with Crippen molar-refractivity contribution in [2.45, 2.75) is 19.4 Å². The van der Waals surface area contributed by atoms with Crippen molar-refractivity contribution in [1.82, 2.24) is 14.5 Å². The van der Waals surface area contributed by atoms with Crippen LogP contribution < -0.4 is 0 Å². The van der Waals surface area contributed by atoms with E-state index >= 15 is 0 Å². The second kappa shape index (κ2) is 6.05. The number of fused-ring (bicyclic) bond motifs is 1. The van der Waals surface area contributed by atoms with Crippen molar-refractivity contribution in [1.29, 1.82) is 5.26 Å². The van der Waals surface area contributed by atoms with E-state index in [-0.39, 0.29) is 0 Å². The average molecular weight is 303 g/mol. The summed E-state index contributed by atoms with van der Waals surface area (Å²) in [4.78, 5) is 7.04. The molecule has 0 amide bonds. The molecule has 1 saturated heterocycles. The highest BCUT2D eigenvalue weighted by atomic mass is 35.5. The lowest BCUT2D eigenvalue weighted by atomic mass is 10.1. The minimum atomic E-state index is 0.551. The Kier molecular flexibility index (Phi) is 4.14. The molecule has 0 spiro atoms. The van der Waals surface area contributed by atoms with Crippen LogP contribution in [0.25, 0.3) is 11.0 Å². The Balaban J connectivity index is 2.02. The number of para-hydroxylation sites is 1. The molecule has 21 heavy (non-hydrogen) atoms. The lowest BCUT2D eigenvalue weighted by molar-refractivity contribution is 0.378. The Bertz CT molecular complexity index is 685. The Morgan fingerprint density at radius 2 is 2.33 bits per heavy atom. The number of benzene rings is 1. The van der Waals surface area contributed by atoms with Gasteiger partial charge in [-0.25, -0.2) is 4.98 Å². The summed E-state index contributed by atoms with van der Waals surface area (Å²) < 4.78 is 2.27. The lowest BCUT2D eigenvalue weighted by Gasteiger charge is -2.14. The van der Waals surface area contributed by atoms with Gasteiger partial charge in [-0.1, -0.05) is 6.07 Å². The molecule has 1 atom stereocenters. The highest BCUT2D eigenvalue weighted by molar-refractivity contribution is 6.17. The maximum Gasteiger partial charge on any atom is 0.111 e. The number of alkyl halides is 1. The maximum absolute atomic E-state index is 9.25. The normalized spacial score (nSPS) is 19.2. The van der Waals surface area contributed by atoms with Gasteiger partial charge in [-0.2, -0.15) is 5.26 Å². The number of nitriles is 1. The van der Waals surface area contributed by atoms with Gasteiger partial charge < -0.3 is 9.47 Å². The van der Waals surface area contributed by atoms with Crippen molar-refractivity contribution in [2.75, 3.05) is 26.0 Å². The average Bonchev–Trinajstić information content (AvgIpc) is 3.04. The molecule has 0 aliphatic carbocycles. The zero-order valence-corrected chi connectivity index (χ0v) is 13.0. The molecule has 0 saturated carbocycles. The van der Waals surface area contributed by atoms with E-state index in [4.69, 9.17) is 11.6 Å². The molecule has 1 aromatic carbocycles. The predicted molar refractivity (Wildman–Crippen MR) is 84.5 cm³/mol. The van der Waals surface area contributed by atoms with Gasteiger partial charge in [0, 0.05) is 25.4 Å². The summed E-state index contributed by atoms with van der Waals surface area (Å²) in [5.74, 6) is 2.19. The number of rotatable bonds is 4. The fraction of sp³-hybridized carbons (Fsp3) is 0.500. The monoisotopic (exact) mass is 302 g/mol. The van der Waals surface area contributed by atoms with Gasteiger partial charge in [0.1, 0.15) is 17.4 Å². The first kappa shape index (κ1) is 14.4. The van der Waals surface area contributed by atoms with Crippen LogP contribution in [0.15, 0.2) is 18.2 Å². The molecule has 0 radical (unpaired) electrons. The van der Waals surface area contributed by atoms with E-state index in [2.05, 4.69) is 33.6 Å². The fourth-order valence-corrected chi connectivity index (χ4v) is 3.37. The van der Waals surface area contributed by atoms with Crippen LogP contribution in [-0.2, 0) is 13.0 Å². The van der Waals surface area contributed by atoms with Crippen molar-refractivity contribution in [3.63, 3.8) is 0 Å². The van der Waals surface area contributed by atoms with Gasteiger partial charge in [0.2, 0.25) is 0 Å². The van der Waals surface area contributed by atoms with Crippen LogP contribution in [0, 0.1) is 17.2 Å². The van der Waals surface area contributed by atoms with Crippen LogP contribution in [0.5, 0.6) is 0 Å². The highest BCUT2D eigenvalue weighted by Crippen LogP contribution is 2.24. The molecule has 1 fully saturated rings. The predicted octanol–water partition coefficient (Wildman–Crippen LogP) is 2.64. The van der Waals surface area contributed by atoms with E-state index < -0.39 is 0 Å². The van der Waals surface area contributed by atoms with Crippen LogP contribution in [0.1, 0.15) is 17.8 Å². The minimum absolute atomic E-state index is 0.551. The SMILES string of the molecule is CN1CCC(Cn2c(CCCl)nc3c(C#N)cccc32)C1. The van der Waals surface area contributed by atoms with Crippen molar-refractivity contribution in [2.24, 2.45) is 5.92 Å². The molecular formula is C16H19ClN4. The quantitative estimate of drug-likeness (QED) is 0.816. The van der Waals surface area contributed by atoms with E-state index in [9.17, 15) is 5.26 Å². The van der Waals surface area contributed by atoms with Crippen LogP contribution in [0.2, 0.25) is 0 Å². The summed E-state index contributed by atoms with van der Waals surface area (Å²) in [7, 11) is 2.17. The molecule has 1 aromatic heterocycles. The molecule has 0 N–H and O–H groups in total. The summed E-state index contributed by atoms with van der Waals surface area (Å²) in [6.07, 6.45) is 1.96. The van der Waals surface area contributed by atoms with Crippen LogP contribution >= 0.6 is 11.6 Å². The smallest absolute Gasteiger partial charge is 0.111 e. The standard InChI is InChI=1S/C16H19ClN4/c1-20-8-6-12(10-20)11-21-14-4-2-3-13(9-18)16(14)19-15(21)5-7-17/h2-4,12H,5-8,10-11H2,1H3. The first-order valence-corrected chi connectivity index (χ1v) is 7.89. The summed E-state index contributed by atoms with van der Waals surface area (Å²) >= 11 is 5.92. The third-order valence-corrected chi connectivity index (χ3v) is 4.42. The first-order valence-electron chi connectivity index (χ1n) is 7.35. The molecule has 3 rings (SSSR count). The number of aromatic nitrogens is 2. The van der Waals surface area contributed by atoms with E-state index in [0.717, 1.165) is 42.9 Å². The largest absolute Gasteiger partial charge is 0.328 e. The Hall–Kier alpha value is -1.57. The maximum atomic E-state index is 9.25. The Morgan fingerprint density at radius 1 is 1.48 bits per heavy atom. The topological polar surface area (TPSA) is 44.9 Å². The lowest BCUT2D eigenvalue weighted by Crippen LogP contribution is -2.18. The number of hydrogen-bond donors (Lipinski definition) is 0. The number of nitrogens with zero attached hydrogens (tertiary/aromatic N) is 4. The van der Waals surface area contributed by atoms with Gasteiger partial charge in [-0.05, 0) is 38.1 Å². The van der Waals surface area contributed by atoms with Gasteiger partial charge >= 0.3 is 0 Å². The van der Waals surface area contributed by atoms with Crippen LogP contribution in [0.3, 0.4) is 0 Å². The number of halogens is 1. The van der Waals surface area contributed by atoms with Crippen LogP contribution in [0.4, 0.5) is 0 Å². The summed E-state index contributed by atoms with van der Waals surface area (Å²) in [5.41, 5.74) is 2.51. The van der Waals surface area contributed by atoms with Crippen molar-refractivity contribution < 1.29 is 0 Å². The number of likely N-dealkylation sites (tertiary alicyclic amines) is 1. The van der Waals surface area contributed by atoms with Gasteiger partial charge in [0.25, 0.3) is 0 Å². The zero-order chi connectivity index (χ0) is 14.8. The molecule has 0 bridgehead atoms. The Labute approximate surface area is 129 Å². The molecule has 1 unspecified atom stereocenters. The molecule has 5 heteroatoms. The van der Waals surface area contributed by atoms with Crippen molar-refractivity contribution in [3.05, 3.63) is 29.6 Å². The molecule has 2 aromatic rings.